The quantitative estimate of drug-likeness (QED) is 0.179. The summed E-state index contributed by atoms with van der Waals surface area (Å²) in [6, 6.07) is 11.0. The fourth-order valence-corrected chi connectivity index (χ4v) is 5.90. The van der Waals surface area contributed by atoms with Gasteiger partial charge in [0.15, 0.2) is 5.60 Å². The number of benzene rings is 1. The Labute approximate surface area is 204 Å². The third-order valence-electron chi connectivity index (χ3n) is 8.08. The van der Waals surface area contributed by atoms with Crippen molar-refractivity contribution in [2.24, 2.45) is 0 Å². The molecule has 3 nitrogen and oxygen atoms in total. The van der Waals surface area contributed by atoms with Crippen LogP contribution in [-0.4, -0.2) is 29.5 Å². The largest absolute Gasteiger partial charge is 0.364 e. The predicted octanol–water partition coefficient (Wildman–Crippen LogP) is 7.96. The van der Waals surface area contributed by atoms with Gasteiger partial charge < -0.3 is 14.8 Å². The van der Waals surface area contributed by atoms with E-state index in [4.69, 9.17) is 9.47 Å². The minimum atomic E-state index is -0.165. The SMILES string of the molecule is CCCCCCCCCCCCCC[C@@H]1OC12[C@@H]([C@@H](CC)NCc1ccccc1)OC2(C)C. The summed E-state index contributed by atoms with van der Waals surface area (Å²) < 4.78 is 12.8. The second kappa shape index (κ2) is 13.3. The van der Waals surface area contributed by atoms with Crippen molar-refractivity contribution in [1.29, 1.82) is 0 Å². The highest BCUT2D eigenvalue weighted by Crippen LogP contribution is 2.61. The van der Waals surface area contributed by atoms with Crippen molar-refractivity contribution in [3.63, 3.8) is 0 Å². The predicted molar refractivity (Wildman–Crippen MR) is 140 cm³/mol. The molecule has 0 bridgehead atoms. The zero-order chi connectivity index (χ0) is 23.6. The van der Waals surface area contributed by atoms with Crippen molar-refractivity contribution in [3.05, 3.63) is 35.9 Å². The summed E-state index contributed by atoms with van der Waals surface area (Å²) in [7, 11) is 0. The first-order valence-corrected chi connectivity index (χ1v) is 14.2. The van der Waals surface area contributed by atoms with Gasteiger partial charge in [0.2, 0.25) is 0 Å². The maximum atomic E-state index is 6.44. The third-order valence-corrected chi connectivity index (χ3v) is 8.08. The Balaban J connectivity index is 1.30. The summed E-state index contributed by atoms with van der Waals surface area (Å²) in [5, 5.41) is 3.75. The van der Waals surface area contributed by atoms with Crippen molar-refractivity contribution in [2.75, 3.05) is 0 Å². The van der Waals surface area contributed by atoms with E-state index in [9.17, 15) is 0 Å². The van der Waals surface area contributed by atoms with Crippen LogP contribution >= 0.6 is 0 Å². The molecule has 0 aliphatic carbocycles. The highest BCUT2D eigenvalue weighted by atomic mass is 16.7. The molecular formula is C30H51NO2. The maximum absolute atomic E-state index is 6.44. The van der Waals surface area contributed by atoms with E-state index in [2.05, 4.69) is 63.3 Å². The minimum Gasteiger partial charge on any atom is -0.364 e. The highest BCUT2D eigenvalue weighted by Gasteiger charge is 2.78. The van der Waals surface area contributed by atoms with Gasteiger partial charge in [-0.1, -0.05) is 121 Å². The van der Waals surface area contributed by atoms with Gasteiger partial charge in [0.1, 0.15) is 6.10 Å². The van der Waals surface area contributed by atoms with Gasteiger partial charge in [-0.05, 0) is 32.3 Å². The Hall–Kier alpha value is -0.900. The lowest BCUT2D eigenvalue weighted by atomic mass is 9.72. The van der Waals surface area contributed by atoms with Crippen LogP contribution in [0.2, 0.25) is 0 Å². The van der Waals surface area contributed by atoms with Crippen molar-refractivity contribution in [2.45, 2.75) is 154 Å². The van der Waals surface area contributed by atoms with Crippen LogP contribution < -0.4 is 5.32 Å². The number of nitrogens with one attached hydrogen (secondary N) is 1. The van der Waals surface area contributed by atoms with Crippen LogP contribution in [0.15, 0.2) is 30.3 Å². The summed E-state index contributed by atoms with van der Waals surface area (Å²) in [5.41, 5.74) is 1.09. The van der Waals surface area contributed by atoms with Gasteiger partial charge in [0, 0.05) is 12.6 Å². The molecule has 3 rings (SSSR count). The number of hydrogen-bond acceptors (Lipinski definition) is 3. The van der Waals surface area contributed by atoms with E-state index in [-0.39, 0.29) is 17.3 Å². The van der Waals surface area contributed by atoms with Crippen molar-refractivity contribution in [3.8, 4) is 0 Å². The Morgan fingerprint density at radius 2 is 1.36 bits per heavy atom. The highest BCUT2D eigenvalue weighted by molar-refractivity contribution is 5.26. The van der Waals surface area contributed by atoms with E-state index in [1.807, 2.05) is 0 Å². The van der Waals surface area contributed by atoms with Crippen LogP contribution in [-0.2, 0) is 16.0 Å². The van der Waals surface area contributed by atoms with Crippen LogP contribution in [0, 0.1) is 0 Å². The van der Waals surface area contributed by atoms with Crippen LogP contribution in [0.5, 0.6) is 0 Å². The molecule has 3 heteroatoms. The molecule has 0 radical (unpaired) electrons. The molecule has 2 aliphatic rings. The average molecular weight is 458 g/mol. The average Bonchev–Trinajstić information content (AvgIpc) is 3.58. The van der Waals surface area contributed by atoms with Crippen LogP contribution in [0.3, 0.4) is 0 Å². The molecule has 1 spiro atoms. The lowest BCUT2D eigenvalue weighted by Crippen LogP contribution is -2.71. The van der Waals surface area contributed by atoms with Gasteiger partial charge in [0.25, 0.3) is 0 Å². The molecule has 188 valence electrons. The van der Waals surface area contributed by atoms with Gasteiger partial charge in [-0.3, -0.25) is 0 Å². The molecule has 2 aliphatic heterocycles. The number of ether oxygens (including phenoxy) is 2. The van der Waals surface area contributed by atoms with E-state index in [0.29, 0.717) is 12.1 Å². The summed E-state index contributed by atoms with van der Waals surface area (Å²) in [6.07, 6.45) is 19.6. The lowest BCUT2D eigenvalue weighted by Gasteiger charge is -2.53. The summed E-state index contributed by atoms with van der Waals surface area (Å²) >= 11 is 0. The minimum absolute atomic E-state index is 0.0743. The molecule has 4 atom stereocenters. The first-order valence-electron chi connectivity index (χ1n) is 14.2. The normalized spacial score (nSPS) is 26.3. The number of rotatable bonds is 18. The van der Waals surface area contributed by atoms with Crippen molar-refractivity contribution < 1.29 is 9.47 Å². The molecule has 1 N–H and O–H groups in total. The Morgan fingerprint density at radius 1 is 0.788 bits per heavy atom. The molecule has 0 amide bonds. The van der Waals surface area contributed by atoms with Crippen molar-refractivity contribution >= 4 is 0 Å². The molecular weight excluding hydrogens is 406 g/mol. The molecule has 33 heavy (non-hydrogen) atoms. The van der Waals surface area contributed by atoms with E-state index < -0.39 is 0 Å². The Kier molecular flexibility index (Phi) is 10.7. The van der Waals surface area contributed by atoms with Gasteiger partial charge in [0.05, 0.1) is 11.7 Å². The molecule has 1 unspecified atom stereocenters. The second-order valence-corrected chi connectivity index (χ2v) is 11.0. The van der Waals surface area contributed by atoms with Gasteiger partial charge in [-0.15, -0.1) is 0 Å². The molecule has 2 saturated heterocycles. The molecule has 2 heterocycles. The Bertz CT molecular complexity index is 661. The fourth-order valence-electron chi connectivity index (χ4n) is 5.90. The summed E-state index contributed by atoms with van der Waals surface area (Å²) in [5.74, 6) is 0. The van der Waals surface area contributed by atoms with Crippen LogP contribution in [0.25, 0.3) is 0 Å². The smallest absolute Gasteiger partial charge is 0.150 e. The first-order chi connectivity index (χ1) is 16.0. The van der Waals surface area contributed by atoms with E-state index in [1.165, 1.54) is 89.0 Å². The van der Waals surface area contributed by atoms with Gasteiger partial charge in [-0.2, -0.15) is 0 Å². The molecule has 0 saturated carbocycles. The molecule has 2 fully saturated rings. The van der Waals surface area contributed by atoms with E-state index in [0.717, 1.165) is 13.0 Å². The first kappa shape index (κ1) is 26.7. The molecule has 1 aromatic rings. The zero-order valence-electron chi connectivity index (χ0n) is 22.0. The lowest BCUT2D eigenvalue weighted by molar-refractivity contribution is -0.262. The molecule has 0 aromatic heterocycles. The zero-order valence-corrected chi connectivity index (χ0v) is 22.0. The van der Waals surface area contributed by atoms with Crippen molar-refractivity contribution in [1.82, 2.24) is 5.32 Å². The molecule has 1 aromatic carbocycles. The monoisotopic (exact) mass is 457 g/mol. The van der Waals surface area contributed by atoms with E-state index in [1.54, 1.807) is 0 Å². The van der Waals surface area contributed by atoms with Crippen LogP contribution in [0.4, 0.5) is 0 Å². The summed E-state index contributed by atoms with van der Waals surface area (Å²) in [6.45, 7) is 9.87. The topological polar surface area (TPSA) is 33.8 Å². The standard InChI is InChI=1S/C30H51NO2/c1-5-7-8-9-10-11-12-13-14-15-16-20-23-27-30(32-27)28(33-29(30,3)4)26(6-2)31-24-25-21-18-17-19-22-25/h17-19,21-22,26-28,31H,5-16,20,23-24H2,1-4H3/t26-,27+,28-,30?/m1/s1. The van der Waals surface area contributed by atoms with Crippen LogP contribution in [0.1, 0.15) is 123 Å². The third kappa shape index (κ3) is 7.05. The Morgan fingerprint density at radius 3 is 1.91 bits per heavy atom. The number of hydrogen-bond donors (Lipinski definition) is 1. The summed E-state index contributed by atoms with van der Waals surface area (Å²) in [4.78, 5) is 0. The second-order valence-electron chi connectivity index (χ2n) is 11.0. The van der Waals surface area contributed by atoms with Gasteiger partial charge >= 0.3 is 0 Å². The number of unbranched alkanes of at least 4 members (excludes halogenated alkanes) is 11. The number of epoxide rings is 1. The van der Waals surface area contributed by atoms with E-state index >= 15 is 0 Å². The maximum Gasteiger partial charge on any atom is 0.150 e. The van der Waals surface area contributed by atoms with Gasteiger partial charge in [-0.25, -0.2) is 0 Å². The fraction of sp³-hybridized carbons (Fsp3) is 0.800.